The zero-order chi connectivity index (χ0) is 48.4. The van der Waals surface area contributed by atoms with Crippen molar-refractivity contribution in [3.63, 3.8) is 0 Å². The molecule has 3 aromatic carbocycles. The Bertz CT molecular complexity index is 4220. The maximum atomic E-state index is 13.3. The van der Waals surface area contributed by atoms with Crippen LogP contribution in [-0.4, -0.2) is 74.2 Å². The van der Waals surface area contributed by atoms with Crippen LogP contribution < -0.4 is 5.32 Å². The van der Waals surface area contributed by atoms with Gasteiger partial charge in [-0.1, -0.05) is 42.5 Å². The smallest absolute Gasteiger partial charge is 0.255 e. The number of thiophene rings is 2. The Morgan fingerprint density at radius 1 is 0.603 bits per heavy atom. The van der Waals surface area contributed by atoms with Crippen molar-refractivity contribution in [1.29, 1.82) is 0 Å². The number of H-pyrrole nitrogens is 4. The summed E-state index contributed by atoms with van der Waals surface area (Å²) in [7, 11) is 0. The van der Waals surface area contributed by atoms with E-state index in [-0.39, 0.29) is 5.91 Å². The summed E-state index contributed by atoms with van der Waals surface area (Å²) in [5.74, 6) is -0.219. The van der Waals surface area contributed by atoms with E-state index in [1.54, 1.807) is 47.2 Å². The fourth-order valence-electron chi connectivity index (χ4n) is 10.3. The number of nitrogens with zero attached hydrogens (tertiary/aromatic N) is 7. The van der Waals surface area contributed by atoms with E-state index in [0.29, 0.717) is 16.9 Å². The lowest BCUT2D eigenvalue weighted by Crippen LogP contribution is -2.18. The number of pyridine rings is 4. The number of likely N-dealkylation sites (tertiary alicyclic amines) is 1. The molecule has 1 aliphatic heterocycles. The molecule has 73 heavy (non-hydrogen) atoms. The zero-order valence-electron chi connectivity index (χ0n) is 39.0. The van der Waals surface area contributed by atoms with Crippen LogP contribution in [0.5, 0.6) is 0 Å². The quantitative estimate of drug-likeness (QED) is 0.0852. The van der Waals surface area contributed by atoms with Gasteiger partial charge in [-0.2, -0.15) is 21.5 Å². The molecule has 1 saturated heterocycles. The van der Waals surface area contributed by atoms with Crippen molar-refractivity contribution in [2.24, 2.45) is 0 Å². The van der Waals surface area contributed by atoms with Crippen LogP contribution in [0.25, 0.3) is 122 Å². The molecule has 0 saturated carbocycles. The van der Waals surface area contributed by atoms with Gasteiger partial charge in [0, 0.05) is 74.4 Å². The molecule has 0 bridgehead atoms. The Labute approximate surface area is 425 Å². The third-order valence-electron chi connectivity index (χ3n) is 13.8. The number of benzene rings is 3. The Hall–Kier alpha value is -8.89. The lowest BCUT2D eigenvalue weighted by Gasteiger charge is -2.14. The van der Waals surface area contributed by atoms with Gasteiger partial charge < -0.3 is 15.3 Å². The van der Waals surface area contributed by atoms with Crippen LogP contribution in [-0.2, 0) is 6.54 Å². The zero-order valence-corrected chi connectivity index (χ0v) is 40.6. The van der Waals surface area contributed by atoms with Crippen molar-refractivity contribution in [2.75, 3.05) is 18.4 Å². The summed E-state index contributed by atoms with van der Waals surface area (Å²) >= 11 is 3.31. The van der Waals surface area contributed by atoms with Crippen LogP contribution in [0.4, 0.5) is 5.69 Å². The maximum absolute atomic E-state index is 13.3. The van der Waals surface area contributed by atoms with Gasteiger partial charge in [-0.25, -0.2) is 4.98 Å². The minimum atomic E-state index is -0.219. The molecule has 0 aliphatic carbocycles. The highest BCUT2D eigenvalue weighted by atomic mass is 32.1. The molecule has 1 amide bonds. The summed E-state index contributed by atoms with van der Waals surface area (Å²) in [4.78, 5) is 43.4. The van der Waals surface area contributed by atoms with Gasteiger partial charge in [0.25, 0.3) is 5.91 Å². The highest BCUT2D eigenvalue weighted by Crippen LogP contribution is 2.43. The van der Waals surface area contributed by atoms with Crippen LogP contribution in [0, 0.1) is 0 Å². The molecule has 11 heterocycles. The number of hydrogen-bond acceptors (Lipinski definition) is 10. The van der Waals surface area contributed by atoms with E-state index in [4.69, 9.17) is 20.2 Å². The maximum Gasteiger partial charge on any atom is 0.255 e. The third-order valence-corrected chi connectivity index (χ3v) is 15.5. The molecule has 0 radical (unpaired) electrons. The van der Waals surface area contributed by atoms with Gasteiger partial charge in [-0.3, -0.25) is 34.8 Å². The second-order valence-electron chi connectivity index (χ2n) is 18.5. The van der Waals surface area contributed by atoms with E-state index in [1.807, 2.05) is 42.9 Å². The Morgan fingerprint density at radius 2 is 1.33 bits per heavy atom. The summed E-state index contributed by atoms with van der Waals surface area (Å²) < 4.78 is 0. The summed E-state index contributed by atoms with van der Waals surface area (Å²) in [5, 5.41) is 30.0. The summed E-state index contributed by atoms with van der Waals surface area (Å²) in [6.45, 7) is 3.16. The number of aromatic nitrogens is 10. The first kappa shape index (κ1) is 42.9. The van der Waals surface area contributed by atoms with Crippen LogP contribution in [0.3, 0.4) is 0 Å². The summed E-state index contributed by atoms with van der Waals surface area (Å²) in [6.07, 6.45) is 11.6. The first-order valence-electron chi connectivity index (χ1n) is 24.1. The Morgan fingerprint density at radius 3 is 2.11 bits per heavy atom. The van der Waals surface area contributed by atoms with E-state index in [2.05, 4.69) is 135 Å². The van der Waals surface area contributed by atoms with Crippen molar-refractivity contribution < 1.29 is 4.79 Å². The largest absolute Gasteiger partial charge is 0.353 e. The SMILES string of the molecule is O=C(Nc1cncc(-c2cc3c(-c4cc5c(-c6ccsc6)cccc5[nH]4)n[nH]c3c(-c3cc(-c4cccc5[nH]c(-c6n[nH]c7cnc(-c8cncc(CN9CCCC9)c8)cc67)cc45)cs3)n2)c1)c1ccccc1. The molecule has 14 rings (SSSR count). The fraction of sp³-hybridized carbons (Fsp3) is 0.0862. The summed E-state index contributed by atoms with van der Waals surface area (Å²) in [5.41, 5.74) is 17.9. The van der Waals surface area contributed by atoms with E-state index in [1.165, 1.54) is 24.0 Å². The number of nitrogens with one attached hydrogen (secondary N) is 5. The minimum absolute atomic E-state index is 0.219. The van der Waals surface area contributed by atoms with Crippen molar-refractivity contribution in [2.45, 2.75) is 19.4 Å². The van der Waals surface area contributed by atoms with E-state index < -0.39 is 0 Å². The molecule has 352 valence electrons. The number of carbonyl (C=O) groups is 1. The average molecular weight is 987 g/mol. The highest BCUT2D eigenvalue weighted by Gasteiger charge is 2.22. The Balaban J connectivity index is 0.842. The molecule has 13 nitrogen and oxygen atoms in total. The van der Waals surface area contributed by atoms with Gasteiger partial charge in [0.1, 0.15) is 17.1 Å². The number of aromatic amines is 4. The van der Waals surface area contributed by atoms with Crippen molar-refractivity contribution in [3.8, 4) is 78.1 Å². The fourth-order valence-corrected chi connectivity index (χ4v) is 11.8. The van der Waals surface area contributed by atoms with Crippen molar-refractivity contribution in [1.82, 2.24) is 55.2 Å². The number of anilines is 1. The predicted molar refractivity (Wildman–Crippen MR) is 293 cm³/mol. The molecule has 5 N–H and O–H groups in total. The van der Waals surface area contributed by atoms with E-state index in [0.717, 1.165) is 130 Å². The number of hydrogen-bond donors (Lipinski definition) is 5. The lowest BCUT2D eigenvalue weighted by molar-refractivity contribution is 0.102. The van der Waals surface area contributed by atoms with Crippen LogP contribution in [0.1, 0.15) is 28.8 Å². The van der Waals surface area contributed by atoms with Gasteiger partial charge in [0.15, 0.2) is 0 Å². The standard InChI is InChI=1S/C58H42N12OS2/c71-58(34-8-2-1-3-9-34)62-39-19-37(27-60-28-39)49-24-45-55(51-21-42-40(35-14-17-72-31-35)10-6-12-46(42)64-51)68-69-56(45)57(65-49)53-20-38(32-73-53)41-11-7-13-47-43(41)22-50(63-47)54-44-23-48(61-29-52(44)66-67-54)36-18-33(25-59-26-36)30-70-15-4-5-16-70/h1-3,6-14,17-29,31-32,63-64H,4-5,15-16,30H2,(H,62,71)(H,66,67)(H,68,69). The molecular formula is C58H42N12OS2. The van der Waals surface area contributed by atoms with E-state index in [9.17, 15) is 4.79 Å². The first-order valence-corrected chi connectivity index (χ1v) is 25.9. The third kappa shape index (κ3) is 7.86. The molecule has 0 unspecified atom stereocenters. The van der Waals surface area contributed by atoms with Gasteiger partial charge in [0.05, 0.1) is 56.8 Å². The van der Waals surface area contributed by atoms with Crippen LogP contribution >= 0.6 is 22.7 Å². The minimum Gasteiger partial charge on any atom is -0.353 e. The topological polar surface area (TPSA) is 173 Å². The lowest BCUT2D eigenvalue weighted by atomic mass is 10.0. The molecule has 13 aromatic rings. The van der Waals surface area contributed by atoms with Crippen molar-refractivity contribution >= 4 is 77.9 Å². The van der Waals surface area contributed by atoms with Gasteiger partial charge in [-0.05, 0) is 143 Å². The van der Waals surface area contributed by atoms with Crippen LogP contribution in [0.15, 0.2) is 162 Å². The second kappa shape index (κ2) is 17.8. The monoisotopic (exact) mass is 986 g/mol. The van der Waals surface area contributed by atoms with Crippen LogP contribution in [0.2, 0.25) is 0 Å². The molecule has 0 atom stereocenters. The van der Waals surface area contributed by atoms with Crippen molar-refractivity contribution in [3.05, 3.63) is 174 Å². The number of fused-ring (bicyclic) bond motifs is 4. The normalized spacial score (nSPS) is 13.0. The predicted octanol–water partition coefficient (Wildman–Crippen LogP) is 13.6. The highest BCUT2D eigenvalue weighted by molar-refractivity contribution is 7.14. The molecular weight excluding hydrogens is 945 g/mol. The molecule has 10 aromatic heterocycles. The summed E-state index contributed by atoms with van der Waals surface area (Å²) in [6, 6.07) is 38.9. The van der Waals surface area contributed by atoms with Gasteiger partial charge >= 0.3 is 0 Å². The molecule has 1 aliphatic rings. The number of amides is 1. The molecule has 1 fully saturated rings. The van der Waals surface area contributed by atoms with Gasteiger partial charge in [0.2, 0.25) is 0 Å². The van der Waals surface area contributed by atoms with E-state index >= 15 is 0 Å². The average Bonchev–Trinajstić information content (AvgIpc) is 4.29. The van der Waals surface area contributed by atoms with Gasteiger partial charge in [-0.15, -0.1) is 11.3 Å². The number of rotatable bonds is 11. The first-order chi connectivity index (χ1) is 36.0. The number of carbonyl (C=O) groups excluding carboxylic acids is 1. The molecule has 15 heteroatoms. The molecule has 0 spiro atoms. The Kier molecular flexibility index (Phi) is 10.4. The second-order valence-corrected chi connectivity index (χ2v) is 20.2.